The summed E-state index contributed by atoms with van der Waals surface area (Å²) in [4.78, 5) is 26.0. The number of likely N-dealkylation sites (tertiary alicyclic amines) is 1. The second-order valence-electron chi connectivity index (χ2n) is 7.17. The lowest BCUT2D eigenvalue weighted by Gasteiger charge is -2.41. The van der Waals surface area contributed by atoms with E-state index >= 15 is 0 Å². The fourth-order valence-corrected chi connectivity index (χ4v) is 4.04. The van der Waals surface area contributed by atoms with Gasteiger partial charge >= 0.3 is 0 Å². The van der Waals surface area contributed by atoms with Crippen molar-refractivity contribution in [3.05, 3.63) is 29.3 Å². The van der Waals surface area contributed by atoms with E-state index in [4.69, 9.17) is 16.3 Å². The van der Waals surface area contributed by atoms with Gasteiger partial charge in [-0.05, 0) is 55.5 Å². The molecule has 3 rings (SSSR count). The number of nitrogens with zero attached hydrogens (tertiary/aromatic N) is 1. The second-order valence-corrected chi connectivity index (χ2v) is 7.60. The molecule has 2 aliphatic rings. The number of benzene rings is 1. The standard InChI is InChI=1S/C19H26ClN3O3/c20-16-5-7-17(8-6-16)26-13-19(25)22-21-18(24)12-23-10-9-14-3-1-2-4-15(14)11-23/h5-8,14-15H,1-4,9-13H2,(H,21,24)(H,22,25)/t14-,15+/m0/s1. The molecule has 1 aliphatic heterocycles. The van der Waals surface area contributed by atoms with E-state index in [0.717, 1.165) is 24.9 Å². The summed E-state index contributed by atoms with van der Waals surface area (Å²) >= 11 is 5.79. The van der Waals surface area contributed by atoms with E-state index in [1.807, 2.05) is 0 Å². The Kier molecular flexibility index (Phi) is 6.74. The second kappa shape index (κ2) is 9.24. The highest BCUT2D eigenvalue weighted by atomic mass is 35.5. The Morgan fingerprint density at radius 2 is 1.73 bits per heavy atom. The van der Waals surface area contributed by atoms with Crippen molar-refractivity contribution in [2.45, 2.75) is 32.1 Å². The number of halogens is 1. The third-order valence-corrected chi connectivity index (χ3v) is 5.52. The van der Waals surface area contributed by atoms with Gasteiger partial charge in [-0.25, -0.2) is 0 Å². The number of carbonyl (C=O) groups excluding carboxylic acids is 2. The zero-order valence-corrected chi connectivity index (χ0v) is 15.6. The Morgan fingerprint density at radius 3 is 2.50 bits per heavy atom. The van der Waals surface area contributed by atoms with Crippen LogP contribution in [0.4, 0.5) is 0 Å². The van der Waals surface area contributed by atoms with Gasteiger partial charge in [-0.2, -0.15) is 0 Å². The molecule has 1 aliphatic carbocycles. The van der Waals surface area contributed by atoms with Crippen molar-refractivity contribution in [3.8, 4) is 5.75 Å². The lowest BCUT2D eigenvalue weighted by Crippen LogP contribution is -2.50. The molecule has 6 nitrogen and oxygen atoms in total. The van der Waals surface area contributed by atoms with Gasteiger partial charge in [0.25, 0.3) is 11.8 Å². The highest BCUT2D eigenvalue weighted by Crippen LogP contribution is 2.35. The fraction of sp³-hybridized carbons (Fsp3) is 0.579. The molecule has 1 saturated heterocycles. The highest BCUT2D eigenvalue weighted by molar-refractivity contribution is 6.30. The van der Waals surface area contributed by atoms with Gasteiger partial charge in [0.15, 0.2) is 6.61 Å². The third kappa shape index (κ3) is 5.61. The topological polar surface area (TPSA) is 70.7 Å². The minimum Gasteiger partial charge on any atom is -0.484 e. The molecular formula is C19H26ClN3O3. The Morgan fingerprint density at radius 1 is 1.04 bits per heavy atom. The van der Waals surface area contributed by atoms with Crippen molar-refractivity contribution in [1.82, 2.24) is 15.8 Å². The number of ether oxygens (including phenoxy) is 1. The molecule has 26 heavy (non-hydrogen) atoms. The number of carbonyl (C=O) groups is 2. The van der Waals surface area contributed by atoms with Crippen molar-refractivity contribution >= 4 is 23.4 Å². The van der Waals surface area contributed by atoms with Crippen LogP contribution in [0, 0.1) is 11.8 Å². The predicted molar refractivity (Wildman–Crippen MR) is 99.7 cm³/mol. The van der Waals surface area contributed by atoms with Gasteiger partial charge in [0.1, 0.15) is 5.75 Å². The Hall–Kier alpha value is -1.79. The average molecular weight is 380 g/mol. The Labute approximate surface area is 159 Å². The first-order valence-electron chi connectivity index (χ1n) is 9.28. The maximum Gasteiger partial charge on any atom is 0.276 e. The van der Waals surface area contributed by atoms with E-state index < -0.39 is 5.91 Å². The van der Waals surface area contributed by atoms with E-state index in [2.05, 4.69) is 15.8 Å². The number of hydrazine groups is 1. The van der Waals surface area contributed by atoms with Gasteiger partial charge in [-0.3, -0.25) is 25.3 Å². The van der Waals surface area contributed by atoms with Crippen LogP contribution < -0.4 is 15.6 Å². The van der Waals surface area contributed by atoms with Crippen LogP contribution in [0.2, 0.25) is 5.02 Å². The number of hydrogen-bond donors (Lipinski definition) is 2. The first-order valence-corrected chi connectivity index (χ1v) is 9.66. The number of amides is 2. The predicted octanol–water partition coefficient (Wildman–Crippen LogP) is 2.38. The Bertz CT molecular complexity index is 623. The molecule has 0 bridgehead atoms. The number of hydrogen-bond acceptors (Lipinski definition) is 4. The van der Waals surface area contributed by atoms with E-state index in [1.54, 1.807) is 24.3 Å². The molecule has 7 heteroatoms. The van der Waals surface area contributed by atoms with Gasteiger partial charge in [0, 0.05) is 11.6 Å². The molecule has 2 amide bonds. The number of nitrogens with one attached hydrogen (secondary N) is 2. The molecule has 1 heterocycles. The number of fused-ring (bicyclic) bond motifs is 1. The van der Waals surface area contributed by atoms with Crippen LogP contribution in [-0.4, -0.2) is 43.0 Å². The van der Waals surface area contributed by atoms with Crippen LogP contribution in [-0.2, 0) is 9.59 Å². The van der Waals surface area contributed by atoms with Gasteiger partial charge in [-0.1, -0.05) is 30.9 Å². The normalized spacial score (nSPS) is 23.0. The first kappa shape index (κ1) is 19.0. The van der Waals surface area contributed by atoms with Crippen molar-refractivity contribution in [2.24, 2.45) is 11.8 Å². The zero-order valence-electron chi connectivity index (χ0n) is 14.9. The molecule has 0 spiro atoms. The largest absolute Gasteiger partial charge is 0.484 e. The smallest absolute Gasteiger partial charge is 0.276 e. The van der Waals surface area contributed by atoms with Crippen LogP contribution in [0.5, 0.6) is 5.75 Å². The summed E-state index contributed by atoms with van der Waals surface area (Å²) in [6.45, 7) is 2.10. The summed E-state index contributed by atoms with van der Waals surface area (Å²) in [5, 5.41) is 0.603. The van der Waals surface area contributed by atoms with Gasteiger partial charge in [-0.15, -0.1) is 0 Å². The minimum atomic E-state index is -0.403. The summed E-state index contributed by atoms with van der Waals surface area (Å²) in [5.41, 5.74) is 4.86. The number of piperidine rings is 1. The van der Waals surface area contributed by atoms with Gasteiger partial charge < -0.3 is 4.74 Å². The molecule has 142 valence electrons. The van der Waals surface area contributed by atoms with Crippen LogP contribution >= 0.6 is 11.6 Å². The van der Waals surface area contributed by atoms with Gasteiger partial charge in [0.05, 0.1) is 6.54 Å². The van der Waals surface area contributed by atoms with Crippen LogP contribution in [0.1, 0.15) is 32.1 Å². The Balaban J connectivity index is 1.33. The molecule has 2 atom stereocenters. The zero-order chi connectivity index (χ0) is 18.4. The maximum absolute atomic E-state index is 12.1. The van der Waals surface area contributed by atoms with E-state index in [9.17, 15) is 9.59 Å². The van der Waals surface area contributed by atoms with E-state index in [0.29, 0.717) is 17.3 Å². The minimum absolute atomic E-state index is 0.171. The molecule has 0 aromatic heterocycles. The van der Waals surface area contributed by atoms with E-state index in [1.165, 1.54) is 32.1 Å². The third-order valence-electron chi connectivity index (χ3n) is 5.27. The molecule has 0 unspecified atom stereocenters. The SMILES string of the molecule is O=C(COc1ccc(Cl)cc1)NNC(=O)CN1CC[C@@H]2CCCC[C@@H]2C1. The quantitative estimate of drug-likeness (QED) is 0.770. The van der Waals surface area contributed by atoms with Crippen LogP contribution in [0.25, 0.3) is 0 Å². The van der Waals surface area contributed by atoms with Gasteiger partial charge in [0.2, 0.25) is 0 Å². The molecule has 2 fully saturated rings. The van der Waals surface area contributed by atoms with Crippen molar-refractivity contribution in [2.75, 3.05) is 26.2 Å². The molecular weight excluding hydrogens is 354 g/mol. The summed E-state index contributed by atoms with van der Waals surface area (Å²) < 4.78 is 5.33. The number of rotatable bonds is 5. The van der Waals surface area contributed by atoms with Crippen molar-refractivity contribution < 1.29 is 14.3 Å². The molecule has 1 aromatic carbocycles. The molecule has 2 N–H and O–H groups in total. The van der Waals surface area contributed by atoms with E-state index in [-0.39, 0.29) is 12.5 Å². The summed E-state index contributed by atoms with van der Waals surface area (Å²) in [7, 11) is 0. The fourth-order valence-electron chi connectivity index (χ4n) is 3.92. The van der Waals surface area contributed by atoms with Crippen LogP contribution in [0.3, 0.4) is 0 Å². The summed E-state index contributed by atoms with van der Waals surface area (Å²) in [6.07, 6.45) is 6.46. The average Bonchev–Trinajstić information content (AvgIpc) is 2.66. The first-order chi connectivity index (χ1) is 12.6. The highest BCUT2D eigenvalue weighted by Gasteiger charge is 2.31. The molecule has 1 aromatic rings. The lowest BCUT2D eigenvalue weighted by molar-refractivity contribution is -0.130. The molecule has 1 saturated carbocycles. The monoisotopic (exact) mass is 379 g/mol. The maximum atomic E-state index is 12.1. The summed E-state index contributed by atoms with van der Waals surface area (Å²) in [5.74, 6) is 1.52. The lowest BCUT2D eigenvalue weighted by atomic mass is 9.75. The summed E-state index contributed by atoms with van der Waals surface area (Å²) in [6, 6.07) is 6.74. The van der Waals surface area contributed by atoms with Crippen molar-refractivity contribution in [3.63, 3.8) is 0 Å². The van der Waals surface area contributed by atoms with Crippen LogP contribution in [0.15, 0.2) is 24.3 Å². The molecule has 0 radical (unpaired) electrons. The van der Waals surface area contributed by atoms with Crippen molar-refractivity contribution in [1.29, 1.82) is 0 Å².